The topological polar surface area (TPSA) is 255 Å². The maximum absolute atomic E-state index is 12.9. The highest BCUT2D eigenvalue weighted by atomic mass is 31.1. The molecule has 3 aromatic carbocycles. The number of anilines is 2. The molecule has 0 spiro atoms. The first-order valence-corrected chi connectivity index (χ1v) is 37.6. The highest BCUT2D eigenvalue weighted by Gasteiger charge is 2.57. The summed E-state index contributed by atoms with van der Waals surface area (Å²) in [5.74, 6) is 0.708. The van der Waals surface area contributed by atoms with E-state index < -0.39 is 69.6 Å². The van der Waals surface area contributed by atoms with Gasteiger partial charge in [0.1, 0.15) is 31.0 Å². The Kier molecular flexibility index (Phi) is 23.9. The van der Waals surface area contributed by atoms with E-state index in [9.17, 15) is 23.8 Å². The number of para-hydroxylation sites is 1. The van der Waals surface area contributed by atoms with Gasteiger partial charge in [-0.15, -0.1) is 4.52 Å². The third kappa shape index (κ3) is 15.3. The number of imidazole rings is 2. The molecule has 6 heterocycles. The Morgan fingerprint density at radius 1 is 0.552 bits per heavy atom. The second-order valence-corrected chi connectivity index (χ2v) is 36.8. The fraction of sp³-hybridized carbons (Fsp3) is 0.516. The van der Waals surface area contributed by atoms with Gasteiger partial charge >= 0.3 is 16.1 Å². The first kappa shape index (κ1) is 68.4. The maximum atomic E-state index is 12.9. The zero-order valence-electron chi connectivity index (χ0n) is 53.0. The molecule has 87 heavy (non-hydrogen) atoms. The van der Waals surface area contributed by atoms with Crippen LogP contribution in [0.1, 0.15) is 146 Å². The Morgan fingerprint density at radius 2 is 0.931 bits per heavy atom. The third-order valence-electron chi connectivity index (χ3n) is 16.5. The summed E-state index contributed by atoms with van der Waals surface area (Å²) >= 11 is 0. The van der Waals surface area contributed by atoms with Crippen molar-refractivity contribution in [2.75, 3.05) is 24.0 Å². The predicted molar refractivity (Wildman–Crippen MR) is 349 cm³/mol. The van der Waals surface area contributed by atoms with E-state index in [0.717, 1.165) is 0 Å². The maximum Gasteiger partial charge on any atom is 0.552 e. The summed E-state index contributed by atoms with van der Waals surface area (Å²) in [4.78, 5) is 52.3. The van der Waals surface area contributed by atoms with Crippen LogP contribution in [0.25, 0.3) is 22.3 Å². The Labute approximate surface area is 518 Å². The van der Waals surface area contributed by atoms with Crippen molar-refractivity contribution >= 4 is 78.5 Å². The van der Waals surface area contributed by atoms with Crippen LogP contribution in [0, 0.1) is 0 Å². The first-order chi connectivity index (χ1) is 41.4. The summed E-state index contributed by atoms with van der Waals surface area (Å²) < 4.78 is 64.8. The molecule has 25 heteroatoms. The fourth-order valence-electron chi connectivity index (χ4n) is 12.8. The van der Waals surface area contributed by atoms with Crippen molar-refractivity contribution < 1.29 is 54.1 Å². The van der Waals surface area contributed by atoms with Gasteiger partial charge in [-0.2, -0.15) is 0 Å². The molecule has 7 aromatic rings. The average molecular weight is 1270 g/mol. The van der Waals surface area contributed by atoms with Gasteiger partial charge in [0.25, 0.3) is 11.8 Å². The SMILES string of the molecule is CC[C@H]1O[C@@H](n2cnc3c(NC(=O)c4ccccc4)ncnc32)[C@H](O[Si](C(C)C)(C(C)C)C(C)C)[C@H]1O.CC[C@H]1O[C@@H](n2cnc3c(NC(=O)c4ccccc4)ncnc32)[C@H](O[Si](C(C)C)(C(C)C)C(C)C)[C@H]1O[P+](C)=O.C[P+](=O)Oc1ccccc1.[HH].[HH]. The van der Waals surface area contributed by atoms with Gasteiger partial charge in [0, 0.05) is 14.0 Å². The van der Waals surface area contributed by atoms with Crippen molar-refractivity contribution in [3.05, 3.63) is 127 Å². The molecule has 4 aromatic heterocycles. The molecule has 2 aliphatic rings. The number of aromatic nitrogens is 8. The van der Waals surface area contributed by atoms with Gasteiger partial charge in [-0.3, -0.25) is 23.2 Å². The lowest BCUT2D eigenvalue weighted by atomic mass is 10.1. The summed E-state index contributed by atoms with van der Waals surface area (Å²) in [5, 5.41) is 17.1. The summed E-state index contributed by atoms with van der Waals surface area (Å²) in [6, 6.07) is 27.0. The van der Waals surface area contributed by atoms with Crippen LogP contribution in [0.3, 0.4) is 0 Å². The average Bonchev–Trinajstić information content (AvgIpc) is 1.85. The second kappa shape index (κ2) is 30.4. The summed E-state index contributed by atoms with van der Waals surface area (Å²) in [5.41, 5.74) is 4.95. The zero-order chi connectivity index (χ0) is 63.5. The van der Waals surface area contributed by atoms with Gasteiger partial charge in [0.2, 0.25) is 16.6 Å². The van der Waals surface area contributed by atoms with Crippen molar-refractivity contribution in [2.45, 2.75) is 192 Å². The number of hydrogen-bond acceptors (Lipinski definition) is 17. The van der Waals surface area contributed by atoms with Gasteiger partial charge < -0.3 is 34.1 Å². The van der Waals surface area contributed by atoms with Crippen molar-refractivity contribution in [1.29, 1.82) is 0 Å². The lowest BCUT2D eigenvalue weighted by Crippen LogP contribution is -2.53. The lowest BCUT2D eigenvalue weighted by Gasteiger charge is -2.45. The van der Waals surface area contributed by atoms with Crippen molar-refractivity contribution in [3.63, 3.8) is 0 Å². The van der Waals surface area contributed by atoms with E-state index in [1.807, 2.05) is 48.7 Å². The normalized spacial score (nSPS) is 20.9. The van der Waals surface area contributed by atoms with Crippen LogP contribution >= 0.6 is 16.1 Å². The molecule has 472 valence electrons. The van der Waals surface area contributed by atoms with Crippen LogP contribution in [0.5, 0.6) is 5.75 Å². The van der Waals surface area contributed by atoms with Crippen LogP contribution < -0.4 is 15.2 Å². The second-order valence-electron chi connectivity index (χ2n) is 23.8. The standard InChI is InChI=1S/C28H40N5O5PSi.C27H39N5O4Si.C7H8O2P.2H2/c1-9-21-23(37-39(8)35)24(38-40(17(2)3,18(4)5)19(6)7)28(36-21)33-16-31-22-25(29-15-30-26(22)33)32-27(34)20-13-11-10-12-14-20;1-8-20-22(33)23(36-37(16(2)3,17(4)5)18(6)7)27(35-20)32-15-30-21-24(28-14-29-25(21)32)31-26(34)19-12-10-9-11-13-19;1-10(8)9-7-5-3-2-4-6-7;;/h10-19,21,23-24,28H,9H2,1-8H3;9-18,20,22-23,27,33H,8H2,1-7H3,(H,28,29,31,34);2-6H,1H3;2*1H/q;;+1;;/p+1/t21-,23+,24-,28-;20-,22+,23-,27-;;;/m11.../s1. The number of carbonyl (C=O) groups excluding carboxylic acids is 2. The van der Waals surface area contributed by atoms with E-state index in [2.05, 4.69) is 124 Å². The molecule has 21 nitrogen and oxygen atoms in total. The minimum absolute atomic E-state index is 0. The molecule has 2 unspecified atom stereocenters. The number of aliphatic hydroxyl groups excluding tert-OH is 1. The number of benzene rings is 3. The number of ether oxygens (including phenoxy) is 2. The van der Waals surface area contributed by atoms with E-state index in [1.165, 1.54) is 19.3 Å². The largest absolute Gasteiger partial charge is 0.552 e. The smallest absolute Gasteiger partial charge is 0.406 e. The molecular formula is C62H92N10O11P2Si2+2. The minimum Gasteiger partial charge on any atom is -0.406 e. The van der Waals surface area contributed by atoms with E-state index in [1.54, 1.807) is 84.6 Å². The summed E-state index contributed by atoms with van der Waals surface area (Å²) in [7, 11) is -8.16. The number of hydrogen-bond donors (Lipinski definition) is 3. The van der Waals surface area contributed by atoms with E-state index in [4.69, 9.17) is 27.4 Å². The van der Waals surface area contributed by atoms with Crippen LogP contribution in [0.15, 0.2) is 116 Å². The number of fused-ring (bicyclic) bond motifs is 2. The molecule has 0 aliphatic carbocycles. The number of aliphatic hydroxyl groups is 1. The van der Waals surface area contributed by atoms with Crippen LogP contribution in [-0.2, 0) is 32.0 Å². The number of nitrogens with one attached hydrogen (secondary N) is 2. The molecule has 2 aliphatic heterocycles. The summed E-state index contributed by atoms with van der Waals surface area (Å²) in [6.07, 6.45) is 3.04. The fourth-order valence-corrected chi connectivity index (χ4v) is 24.9. The molecule has 2 amide bonds. The molecule has 0 saturated carbocycles. The van der Waals surface area contributed by atoms with Gasteiger partial charge in [-0.05, 0) is 91.6 Å². The molecule has 2 fully saturated rings. The third-order valence-corrected chi connectivity index (χ3v) is 29.7. The quantitative estimate of drug-likeness (QED) is 0.0421. The van der Waals surface area contributed by atoms with Gasteiger partial charge in [-0.25, -0.2) is 29.9 Å². The van der Waals surface area contributed by atoms with Crippen LogP contribution in [0.2, 0.25) is 33.2 Å². The monoisotopic (exact) mass is 1270 g/mol. The molecule has 10 atom stereocenters. The Balaban J connectivity index is 0.000000275. The highest BCUT2D eigenvalue weighted by molar-refractivity contribution is 7.38. The van der Waals surface area contributed by atoms with Gasteiger partial charge in [0.05, 0.1) is 24.9 Å². The van der Waals surface area contributed by atoms with Crippen LogP contribution in [0.4, 0.5) is 11.6 Å². The molecule has 2 saturated heterocycles. The Morgan fingerprint density at radius 3 is 1.31 bits per heavy atom. The number of carbonyl (C=O) groups is 2. The van der Waals surface area contributed by atoms with Crippen LogP contribution in [-0.4, -0.2) is 123 Å². The first-order valence-electron chi connectivity index (χ1n) is 30.0. The molecular weight excluding hydrogens is 1180 g/mol. The Bertz CT molecular complexity index is 3370. The van der Waals surface area contributed by atoms with Gasteiger partial charge in [0.15, 0.2) is 71.6 Å². The molecule has 0 bridgehead atoms. The zero-order valence-corrected chi connectivity index (χ0v) is 56.8. The molecule has 9 rings (SSSR count). The predicted octanol–water partition coefficient (Wildman–Crippen LogP) is 14.9. The Hall–Kier alpha value is -6.11. The van der Waals surface area contributed by atoms with E-state index in [0.29, 0.717) is 96.9 Å². The van der Waals surface area contributed by atoms with Crippen molar-refractivity contribution in [2.24, 2.45) is 0 Å². The van der Waals surface area contributed by atoms with Gasteiger partial charge in [-0.1, -0.05) is 152 Å². The highest BCUT2D eigenvalue weighted by Crippen LogP contribution is 2.50. The number of amides is 2. The van der Waals surface area contributed by atoms with Crippen molar-refractivity contribution in [3.8, 4) is 5.75 Å². The molecule has 3 N–H and O–H groups in total. The number of nitrogens with zero attached hydrogens (tertiary/aromatic N) is 8. The van der Waals surface area contributed by atoms with E-state index >= 15 is 0 Å². The molecule has 0 radical (unpaired) electrons. The minimum atomic E-state index is -2.40. The van der Waals surface area contributed by atoms with Crippen molar-refractivity contribution in [1.82, 2.24) is 39.0 Å². The lowest BCUT2D eigenvalue weighted by molar-refractivity contribution is -0.0332. The van der Waals surface area contributed by atoms with E-state index in [-0.39, 0.29) is 26.9 Å². The summed E-state index contributed by atoms with van der Waals surface area (Å²) in [6.45, 7) is 33.8. The number of rotatable bonds is 22.